The SMILES string of the molecule is CCC(C)(C)n1nnnc1C(c1cc2cc(C)c(C)cc2[nH]c1=O)N(Cc1ccc(OC)cc1)Cc1ccco1. The number of aromatic amines is 1. The van der Waals surface area contributed by atoms with Gasteiger partial charge in [0.1, 0.15) is 17.6 Å². The lowest BCUT2D eigenvalue weighted by atomic mass is 9.98. The molecule has 0 fully saturated rings. The summed E-state index contributed by atoms with van der Waals surface area (Å²) in [6.07, 6.45) is 2.47. The van der Waals surface area contributed by atoms with Crippen LogP contribution in [-0.4, -0.2) is 37.2 Å². The predicted octanol–water partition coefficient (Wildman–Crippen LogP) is 5.67. The molecule has 0 saturated heterocycles. The fraction of sp³-hybridized carbons (Fsp3) is 0.355. The normalized spacial score (nSPS) is 12.8. The van der Waals surface area contributed by atoms with E-state index >= 15 is 0 Å². The van der Waals surface area contributed by atoms with E-state index in [1.54, 1.807) is 13.4 Å². The number of methoxy groups -OCH3 is 1. The lowest BCUT2D eigenvalue weighted by molar-refractivity contribution is 0.168. The number of hydrogen-bond acceptors (Lipinski definition) is 7. The Morgan fingerprint density at radius 2 is 1.82 bits per heavy atom. The highest BCUT2D eigenvalue weighted by atomic mass is 16.5. The van der Waals surface area contributed by atoms with Gasteiger partial charge in [0.15, 0.2) is 5.82 Å². The molecule has 9 heteroatoms. The standard InChI is InChI=1S/C31H36N6O3/c1-7-31(4,5)37-29(33-34-35-37)28(26-17-23-15-20(2)21(3)16-27(23)32-30(26)38)36(19-25-9-8-14-40-25)18-22-10-12-24(39-6)13-11-22/h8-17,28H,7,18-19H2,1-6H3,(H,32,38). The van der Waals surface area contributed by atoms with Crippen LogP contribution in [0.15, 0.2) is 70.1 Å². The van der Waals surface area contributed by atoms with Gasteiger partial charge in [-0.1, -0.05) is 19.1 Å². The van der Waals surface area contributed by atoms with E-state index in [1.165, 1.54) is 0 Å². The van der Waals surface area contributed by atoms with Crippen molar-refractivity contribution in [1.82, 2.24) is 30.1 Å². The maximum atomic E-state index is 13.8. The Kier molecular flexibility index (Phi) is 7.58. The molecule has 5 aromatic rings. The molecular weight excluding hydrogens is 504 g/mol. The van der Waals surface area contributed by atoms with Crippen LogP contribution in [0.25, 0.3) is 10.9 Å². The first-order valence-electron chi connectivity index (χ1n) is 13.5. The summed E-state index contributed by atoms with van der Waals surface area (Å²) in [5.41, 5.74) is 4.16. The van der Waals surface area contributed by atoms with Crippen molar-refractivity contribution in [2.24, 2.45) is 0 Å². The molecular formula is C31H36N6O3. The van der Waals surface area contributed by atoms with Crippen molar-refractivity contribution in [1.29, 1.82) is 0 Å². The van der Waals surface area contributed by atoms with Gasteiger partial charge in [0, 0.05) is 17.6 Å². The Hall–Kier alpha value is -4.24. The Labute approximate surface area is 233 Å². The third-order valence-corrected chi connectivity index (χ3v) is 7.81. The van der Waals surface area contributed by atoms with Crippen LogP contribution in [0.2, 0.25) is 0 Å². The Morgan fingerprint density at radius 3 is 2.50 bits per heavy atom. The van der Waals surface area contributed by atoms with E-state index < -0.39 is 6.04 Å². The molecule has 3 aromatic heterocycles. The summed E-state index contributed by atoms with van der Waals surface area (Å²) in [5.74, 6) is 2.15. The van der Waals surface area contributed by atoms with Gasteiger partial charge in [0.05, 0.1) is 25.5 Å². The van der Waals surface area contributed by atoms with Crippen molar-refractivity contribution in [3.63, 3.8) is 0 Å². The Bertz CT molecular complexity index is 1650. The number of pyridine rings is 1. The van der Waals surface area contributed by atoms with Crippen LogP contribution >= 0.6 is 0 Å². The molecule has 3 heterocycles. The number of tetrazole rings is 1. The third-order valence-electron chi connectivity index (χ3n) is 7.81. The van der Waals surface area contributed by atoms with E-state index in [0.29, 0.717) is 24.5 Å². The maximum Gasteiger partial charge on any atom is 0.253 e. The second kappa shape index (κ2) is 11.1. The van der Waals surface area contributed by atoms with Crippen molar-refractivity contribution < 1.29 is 9.15 Å². The number of fused-ring (bicyclic) bond motifs is 1. The molecule has 1 N–H and O–H groups in total. The van der Waals surface area contributed by atoms with Gasteiger partial charge in [0.25, 0.3) is 5.56 Å². The monoisotopic (exact) mass is 540 g/mol. The van der Waals surface area contributed by atoms with Gasteiger partial charge in [-0.05, 0) is 109 Å². The molecule has 40 heavy (non-hydrogen) atoms. The Morgan fingerprint density at radius 1 is 1.07 bits per heavy atom. The first-order chi connectivity index (χ1) is 19.2. The molecule has 0 saturated carbocycles. The summed E-state index contributed by atoms with van der Waals surface area (Å²) in [7, 11) is 1.65. The zero-order valence-corrected chi connectivity index (χ0v) is 23.9. The lowest BCUT2D eigenvalue weighted by Crippen LogP contribution is -2.38. The summed E-state index contributed by atoms with van der Waals surface area (Å²) in [6.45, 7) is 11.4. The summed E-state index contributed by atoms with van der Waals surface area (Å²) in [5, 5.41) is 14.0. The fourth-order valence-corrected chi connectivity index (χ4v) is 4.95. The van der Waals surface area contributed by atoms with Crippen LogP contribution < -0.4 is 10.3 Å². The summed E-state index contributed by atoms with van der Waals surface area (Å²) in [6, 6.07) is 17.3. The van der Waals surface area contributed by atoms with Crippen LogP contribution in [0.1, 0.15) is 67.1 Å². The van der Waals surface area contributed by atoms with Crippen LogP contribution in [0, 0.1) is 13.8 Å². The first kappa shape index (κ1) is 27.3. The van der Waals surface area contributed by atoms with Crippen molar-refractivity contribution in [2.75, 3.05) is 7.11 Å². The topological polar surface area (TPSA) is 102 Å². The molecule has 208 valence electrons. The molecule has 0 spiro atoms. The van der Waals surface area contributed by atoms with E-state index in [0.717, 1.165) is 45.5 Å². The number of rotatable bonds is 10. The van der Waals surface area contributed by atoms with Gasteiger partial charge >= 0.3 is 0 Å². The van der Waals surface area contributed by atoms with Crippen LogP contribution in [-0.2, 0) is 18.6 Å². The van der Waals surface area contributed by atoms with Crippen LogP contribution in [0.3, 0.4) is 0 Å². The average molecular weight is 541 g/mol. The average Bonchev–Trinajstić information content (AvgIpc) is 3.64. The van der Waals surface area contributed by atoms with Crippen molar-refractivity contribution in [2.45, 2.75) is 65.7 Å². The molecule has 0 aliphatic heterocycles. The summed E-state index contributed by atoms with van der Waals surface area (Å²) in [4.78, 5) is 19.2. The highest BCUT2D eigenvalue weighted by molar-refractivity contribution is 5.81. The van der Waals surface area contributed by atoms with Gasteiger partial charge in [-0.2, -0.15) is 0 Å². The van der Waals surface area contributed by atoms with Gasteiger partial charge in [-0.25, -0.2) is 4.68 Å². The molecule has 1 atom stereocenters. The van der Waals surface area contributed by atoms with E-state index in [4.69, 9.17) is 9.15 Å². The molecule has 5 rings (SSSR count). The first-order valence-corrected chi connectivity index (χ1v) is 13.5. The van der Waals surface area contributed by atoms with Crippen LogP contribution in [0.5, 0.6) is 5.75 Å². The quantitative estimate of drug-likeness (QED) is 0.243. The molecule has 0 aliphatic carbocycles. The minimum Gasteiger partial charge on any atom is -0.497 e. The van der Waals surface area contributed by atoms with Gasteiger partial charge in [-0.3, -0.25) is 9.69 Å². The third kappa shape index (κ3) is 5.42. The number of ether oxygens (including phenoxy) is 1. The summed E-state index contributed by atoms with van der Waals surface area (Å²) >= 11 is 0. The number of nitrogens with one attached hydrogen (secondary N) is 1. The molecule has 2 aromatic carbocycles. The minimum absolute atomic E-state index is 0.177. The van der Waals surface area contributed by atoms with Gasteiger partial charge < -0.3 is 14.1 Å². The van der Waals surface area contributed by atoms with E-state index in [2.05, 4.69) is 59.2 Å². The largest absolute Gasteiger partial charge is 0.497 e. The number of hydrogen-bond donors (Lipinski definition) is 1. The number of aryl methyl sites for hydroxylation is 2. The van der Waals surface area contributed by atoms with E-state index in [9.17, 15) is 4.79 Å². The smallest absolute Gasteiger partial charge is 0.253 e. The number of nitrogens with zero attached hydrogens (tertiary/aromatic N) is 5. The zero-order valence-electron chi connectivity index (χ0n) is 23.9. The predicted molar refractivity (Wildman–Crippen MR) is 154 cm³/mol. The number of aromatic nitrogens is 5. The lowest BCUT2D eigenvalue weighted by Gasteiger charge is -2.33. The second-order valence-electron chi connectivity index (χ2n) is 10.9. The van der Waals surface area contributed by atoms with Crippen molar-refractivity contribution in [3.05, 3.63) is 105 Å². The fourth-order valence-electron chi connectivity index (χ4n) is 4.95. The van der Waals surface area contributed by atoms with Crippen molar-refractivity contribution >= 4 is 10.9 Å². The number of benzene rings is 2. The Balaban J connectivity index is 1.72. The van der Waals surface area contributed by atoms with Gasteiger partial charge in [-0.15, -0.1) is 5.10 Å². The van der Waals surface area contributed by atoms with Crippen LogP contribution in [0.4, 0.5) is 0 Å². The molecule has 0 aliphatic rings. The zero-order chi connectivity index (χ0) is 28.4. The molecule has 9 nitrogen and oxygen atoms in total. The van der Waals surface area contributed by atoms with Crippen molar-refractivity contribution in [3.8, 4) is 5.75 Å². The van der Waals surface area contributed by atoms with E-state index in [-0.39, 0.29) is 11.1 Å². The number of furan rings is 1. The molecule has 0 amide bonds. The maximum absolute atomic E-state index is 13.8. The molecule has 1 unspecified atom stereocenters. The molecule has 0 radical (unpaired) electrons. The number of H-pyrrole nitrogens is 1. The minimum atomic E-state index is -0.567. The molecule has 0 bridgehead atoms. The highest BCUT2D eigenvalue weighted by Crippen LogP contribution is 2.33. The summed E-state index contributed by atoms with van der Waals surface area (Å²) < 4.78 is 13.0. The highest BCUT2D eigenvalue weighted by Gasteiger charge is 2.35. The van der Waals surface area contributed by atoms with Gasteiger partial charge in [0.2, 0.25) is 0 Å². The van der Waals surface area contributed by atoms with E-state index in [1.807, 2.05) is 60.1 Å². The second-order valence-corrected chi connectivity index (χ2v) is 10.9.